The molecule has 1 aliphatic heterocycles. The van der Waals surface area contributed by atoms with Crippen molar-refractivity contribution in [2.75, 3.05) is 18.4 Å². The van der Waals surface area contributed by atoms with Gasteiger partial charge in [-0.3, -0.25) is 4.79 Å². The highest BCUT2D eigenvalue weighted by molar-refractivity contribution is 6.33. The van der Waals surface area contributed by atoms with Gasteiger partial charge in [0.05, 0.1) is 17.3 Å². The molecule has 5 heteroatoms. The van der Waals surface area contributed by atoms with Gasteiger partial charge in [-0.1, -0.05) is 23.7 Å². The number of piperidine rings is 1. The van der Waals surface area contributed by atoms with Crippen molar-refractivity contribution in [3.05, 3.63) is 29.3 Å². The predicted octanol–water partition coefficient (Wildman–Crippen LogP) is 2.54. The van der Waals surface area contributed by atoms with Gasteiger partial charge in [-0.25, -0.2) is 4.79 Å². The van der Waals surface area contributed by atoms with Gasteiger partial charge >= 0.3 is 6.03 Å². The van der Waals surface area contributed by atoms with Crippen LogP contribution in [-0.2, 0) is 4.79 Å². The van der Waals surface area contributed by atoms with Gasteiger partial charge in [0.1, 0.15) is 0 Å². The molecule has 0 aliphatic carbocycles. The lowest BCUT2D eigenvalue weighted by Crippen LogP contribution is -2.42. The minimum Gasteiger partial charge on any atom is -0.317 e. The van der Waals surface area contributed by atoms with E-state index >= 15 is 0 Å². The summed E-state index contributed by atoms with van der Waals surface area (Å²) in [5.41, 5.74) is 0.567. The van der Waals surface area contributed by atoms with Gasteiger partial charge in [0.2, 0.25) is 0 Å². The third-order valence-corrected chi connectivity index (χ3v) is 2.98. The van der Waals surface area contributed by atoms with E-state index in [2.05, 4.69) is 5.32 Å². The van der Waals surface area contributed by atoms with Gasteiger partial charge in [0.15, 0.2) is 5.78 Å². The molecule has 1 fully saturated rings. The number of benzene rings is 1. The van der Waals surface area contributed by atoms with Crippen LogP contribution in [0.4, 0.5) is 10.5 Å². The monoisotopic (exact) mass is 252 g/mol. The Morgan fingerprint density at radius 1 is 1.35 bits per heavy atom. The fraction of sp³-hybridized carbons (Fsp3) is 0.333. The number of amides is 2. The summed E-state index contributed by atoms with van der Waals surface area (Å²) >= 11 is 5.94. The van der Waals surface area contributed by atoms with Crippen LogP contribution in [0.25, 0.3) is 0 Å². The molecule has 0 atom stereocenters. The summed E-state index contributed by atoms with van der Waals surface area (Å²) in [6.45, 7) is 0.804. The normalized spacial score (nSPS) is 15.8. The number of carbonyl (C=O) groups excluding carboxylic acids is 2. The Kier molecular flexibility index (Phi) is 3.64. The molecule has 2 amide bonds. The highest BCUT2D eigenvalue weighted by Gasteiger charge is 2.21. The number of urea groups is 1. The Balaban J connectivity index is 2.02. The van der Waals surface area contributed by atoms with Crippen LogP contribution in [0.3, 0.4) is 0 Å². The Morgan fingerprint density at radius 3 is 2.82 bits per heavy atom. The maximum absolute atomic E-state index is 11.9. The SMILES string of the molecule is O=C1CCCN(C(=O)Nc2ccccc2Cl)C1. The number of para-hydroxylation sites is 1. The number of hydrogen-bond donors (Lipinski definition) is 1. The lowest BCUT2D eigenvalue weighted by molar-refractivity contribution is -0.121. The number of carbonyl (C=O) groups is 2. The van der Waals surface area contributed by atoms with E-state index in [4.69, 9.17) is 11.6 Å². The Hall–Kier alpha value is -1.55. The molecule has 1 aromatic carbocycles. The van der Waals surface area contributed by atoms with Crippen LogP contribution in [0.2, 0.25) is 5.02 Å². The summed E-state index contributed by atoms with van der Waals surface area (Å²) in [7, 11) is 0. The highest BCUT2D eigenvalue weighted by Crippen LogP contribution is 2.21. The van der Waals surface area contributed by atoms with Crippen molar-refractivity contribution in [1.82, 2.24) is 4.90 Å². The predicted molar refractivity (Wildman–Crippen MR) is 66.3 cm³/mol. The fourth-order valence-corrected chi connectivity index (χ4v) is 1.95. The maximum atomic E-state index is 11.9. The topological polar surface area (TPSA) is 49.4 Å². The first kappa shape index (κ1) is 11.9. The highest BCUT2D eigenvalue weighted by atomic mass is 35.5. The van der Waals surface area contributed by atoms with E-state index in [1.54, 1.807) is 24.3 Å². The molecule has 0 saturated carbocycles. The first-order chi connectivity index (χ1) is 8.16. The standard InChI is InChI=1S/C12H13ClN2O2/c13-10-5-1-2-6-11(10)14-12(17)15-7-3-4-9(16)8-15/h1-2,5-6H,3-4,7-8H2,(H,14,17). The smallest absolute Gasteiger partial charge is 0.317 e. The zero-order chi connectivity index (χ0) is 12.3. The summed E-state index contributed by atoms with van der Waals surface area (Å²) in [6.07, 6.45) is 1.30. The van der Waals surface area contributed by atoms with Gasteiger partial charge in [-0.2, -0.15) is 0 Å². The van der Waals surface area contributed by atoms with Gasteiger partial charge < -0.3 is 10.2 Å². The van der Waals surface area contributed by atoms with E-state index in [1.165, 1.54) is 4.90 Å². The van der Waals surface area contributed by atoms with Crippen molar-refractivity contribution < 1.29 is 9.59 Å². The quantitative estimate of drug-likeness (QED) is 0.835. The molecule has 90 valence electrons. The summed E-state index contributed by atoms with van der Waals surface area (Å²) in [5.74, 6) is 0.102. The van der Waals surface area contributed by atoms with Crippen molar-refractivity contribution in [2.24, 2.45) is 0 Å². The first-order valence-corrected chi connectivity index (χ1v) is 5.87. The third kappa shape index (κ3) is 2.97. The van der Waals surface area contributed by atoms with E-state index in [9.17, 15) is 9.59 Å². The lowest BCUT2D eigenvalue weighted by atomic mass is 10.1. The molecule has 1 aromatic rings. The number of anilines is 1. The van der Waals surface area contributed by atoms with E-state index in [0.29, 0.717) is 23.7 Å². The van der Waals surface area contributed by atoms with Gasteiger partial charge in [-0.15, -0.1) is 0 Å². The second kappa shape index (κ2) is 5.19. The van der Waals surface area contributed by atoms with E-state index in [1.807, 2.05) is 0 Å². The van der Waals surface area contributed by atoms with Crippen molar-refractivity contribution in [2.45, 2.75) is 12.8 Å². The first-order valence-electron chi connectivity index (χ1n) is 5.49. The molecule has 1 N–H and O–H groups in total. The van der Waals surface area contributed by atoms with E-state index in [-0.39, 0.29) is 18.4 Å². The molecule has 0 bridgehead atoms. The number of halogens is 1. The summed E-state index contributed by atoms with van der Waals surface area (Å²) in [5, 5.41) is 3.19. The average Bonchev–Trinajstić information content (AvgIpc) is 2.32. The van der Waals surface area contributed by atoms with Crippen LogP contribution in [0.1, 0.15) is 12.8 Å². The van der Waals surface area contributed by atoms with Crippen LogP contribution in [0, 0.1) is 0 Å². The third-order valence-electron chi connectivity index (χ3n) is 2.65. The van der Waals surface area contributed by atoms with Crippen LogP contribution in [0.5, 0.6) is 0 Å². The Labute approximate surface area is 105 Å². The van der Waals surface area contributed by atoms with Crippen molar-refractivity contribution in [3.8, 4) is 0 Å². The summed E-state index contributed by atoms with van der Waals surface area (Å²) in [6, 6.07) is 6.75. The maximum Gasteiger partial charge on any atom is 0.322 e. The van der Waals surface area contributed by atoms with Crippen molar-refractivity contribution >= 4 is 29.1 Å². The fourth-order valence-electron chi connectivity index (χ4n) is 1.77. The van der Waals surface area contributed by atoms with Crippen LogP contribution in [-0.4, -0.2) is 29.8 Å². The zero-order valence-corrected chi connectivity index (χ0v) is 10.0. The molecule has 0 radical (unpaired) electrons. The molecule has 0 aromatic heterocycles. The van der Waals surface area contributed by atoms with Crippen LogP contribution < -0.4 is 5.32 Å². The second-order valence-electron chi connectivity index (χ2n) is 3.97. The molecular formula is C12H13ClN2O2. The van der Waals surface area contributed by atoms with Crippen molar-refractivity contribution in [1.29, 1.82) is 0 Å². The molecule has 2 rings (SSSR count). The minimum atomic E-state index is -0.272. The Morgan fingerprint density at radius 2 is 2.12 bits per heavy atom. The Bertz CT molecular complexity index is 448. The largest absolute Gasteiger partial charge is 0.322 e. The number of hydrogen-bond acceptors (Lipinski definition) is 2. The number of rotatable bonds is 1. The molecule has 1 heterocycles. The number of Topliss-reactive ketones (excluding diaryl/α,β-unsaturated/α-hetero) is 1. The van der Waals surface area contributed by atoms with E-state index in [0.717, 1.165) is 6.42 Å². The average molecular weight is 253 g/mol. The second-order valence-corrected chi connectivity index (χ2v) is 4.38. The van der Waals surface area contributed by atoms with Crippen molar-refractivity contribution in [3.63, 3.8) is 0 Å². The number of ketones is 1. The van der Waals surface area contributed by atoms with Crippen LogP contribution >= 0.6 is 11.6 Å². The number of likely N-dealkylation sites (tertiary alicyclic amines) is 1. The number of nitrogens with one attached hydrogen (secondary N) is 1. The molecule has 0 unspecified atom stereocenters. The van der Waals surface area contributed by atoms with Crippen LogP contribution in [0.15, 0.2) is 24.3 Å². The molecule has 1 aliphatic rings. The van der Waals surface area contributed by atoms with E-state index < -0.39 is 0 Å². The summed E-state index contributed by atoms with van der Waals surface area (Å²) < 4.78 is 0. The molecular weight excluding hydrogens is 240 g/mol. The molecule has 4 nitrogen and oxygen atoms in total. The zero-order valence-electron chi connectivity index (χ0n) is 9.28. The van der Waals surface area contributed by atoms with Gasteiger partial charge in [0, 0.05) is 13.0 Å². The van der Waals surface area contributed by atoms with Gasteiger partial charge in [0.25, 0.3) is 0 Å². The number of nitrogens with zero attached hydrogens (tertiary/aromatic N) is 1. The summed E-state index contributed by atoms with van der Waals surface area (Å²) in [4.78, 5) is 24.6. The van der Waals surface area contributed by atoms with Gasteiger partial charge in [-0.05, 0) is 18.6 Å². The molecule has 1 saturated heterocycles. The molecule has 0 spiro atoms. The minimum absolute atomic E-state index is 0.102. The lowest BCUT2D eigenvalue weighted by Gasteiger charge is -2.26. The molecule has 17 heavy (non-hydrogen) atoms.